The molecule has 3 aromatic carbocycles. The molecule has 0 bridgehead atoms. The summed E-state index contributed by atoms with van der Waals surface area (Å²) in [6.45, 7) is 1.99. The van der Waals surface area contributed by atoms with Crippen molar-refractivity contribution in [2.45, 2.75) is 42.2 Å². The minimum Gasteiger partial charge on any atom is -0.478 e. The first kappa shape index (κ1) is 31.7. The first-order chi connectivity index (χ1) is 21.8. The highest BCUT2D eigenvalue weighted by Crippen LogP contribution is 2.44. The maximum atomic E-state index is 14.0. The largest absolute Gasteiger partial charge is 0.478 e. The number of nitrogens with one attached hydrogen (secondary N) is 2. The topological polar surface area (TPSA) is 122 Å². The number of benzene rings is 3. The maximum absolute atomic E-state index is 14.0. The zero-order valence-electron chi connectivity index (χ0n) is 24.5. The molecule has 4 aromatic rings. The van der Waals surface area contributed by atoms with E-state index in [1.54, 1.807) is 25.1 Å². The van der Waals surface area contributed by atoms with Gasteiger partial charge in [-0.2, -0.15) is 0 Å². The number of hydrogen-bond donors (Lipinski definition) is 3. The van der Waals surface area contributed by atoms with Crippen molar-refractivity contribution in [1.82, 2.24) is 0 Å². The SMILES string of the molecule is CCOC(=O)c1c(NC(=O)C(Sc2cccc(NC(=O)/C=C/C(=O)O)c2)c2ccccc2)sc2c1CCC(c1ccccc1)C2. The summed E-state index contributed by atoms with van der Waals surface area (Å²) in [4.78, 5) is 51.9. The van der Waals surface area contributed by atoms with Crippen LogP contribution in [0.15, 0.2) is 102 Å². The number of carbonyl (C=O) groups is 4. The number of rotatable bonds is 11. The van der Waals surface area contributed by atoms with Gasteiger partial charge < -0.3 is 20.5 Å². The second kappa shape index (κ2) is 14.9. The third kappa shape index (κ3) is 8.09. The minimum absolute atomic E-state index is 0.227. The van der Waals surface area contributed by atoms with Gasteiger partial charge >= 0.3 is 11.9 Å². The van der Waals surface area contributed by atoms with E-state index in [0.717, 1.165) is 41.0 Å². The lowest BCUT2D eigenvalue weighted by molar-refractivity contribution is -0.131. The Bertz CT molecular complexity index is 1720. The smallest absolute Gasteiger partial charge is 0.341 e. The predicted octanol–water partition coefficient (Wildman–Crippen LogP) is 7.25. The third-order valence-corrected chi connectivity index (χ3v) is 9.74. The number of thiophene rings is 1. The molecule has 0 fully saturated rings. The zero-order valence-corrected chi connectivity index (χ0v) is 26.2. The zero-order chi connectivity index (χ0) is 31.8. The average Bonchev–Trinajstić information content (AvgIpc) is 3.40. The van der Waals surface area contributed by atoms with Crippen LogP contribution in [0.3, 0.4) is 0 Å². The van der Waals surface area contributed by atoms with Crippen molar-refractivity contribution < 1.29 is 29.0 Å². The Hall–Kier alpha value is -4.67. The minimum atomic E-state index is -1.22. The number of amides is 2. The summed E-state index contributed by atoms with van der Waals surface area (Å²) in [6, 6.07) is 26.7. The molecule has 0 radical (unpaired) electrons. The molecule has 230 valence electrons. The molecule has 2 unspecified atom stereocenters. The van der Waals surface area contributed by atoms with E-state index >= 15 is 0 Å². The lowest BCUT2D eigenvalue weighted by Gasteiger charge is -2.23. The Morgan fingerprint density at radius 3 is 2.42 bits per heavy atom. The van der Waals surface area contributed by atoms with Gasteiger partial charge in [0.25, 0.3) is 0 Å². The summed E-state index contributed by atoms with van der Waals surface area (Å²) in [7, 11) is 0. The molecule has 10 heteroatoms. The van der Waals surface area contributed by atoms with E-state index in [1.807, 2.05) is 54.6 Å². The molecule has 1 aromatic heterocycles. The fourth-order valence-electron chi connectivity index (χ4n) is 5.30. The second-order valence-corrected chi connectivity index (χ2v) is 12.6. The van der Waals surface area contributed by atoms with E-state index in [4.69, 9.17) is 9.84 Å². The highest BCUT2D eigenvalue weighted by Gasteiger charge is 2.32. The Labute approximate surface area is 269 Å². The fraction of sp³-hybridized carbons (Fsp3) is 0.200. The number of ether oxygens (including phenoxy) is 1. The Morgan fingerprint density at radius 2 is 1.71 bits per heavy atom. The van der Waals surface area contributed by atoms with Gasteiger partial charge in [0, 0.05) is 27.6 Å². The van der Waals surface area contributed by atoms with Crippen LogP contribution in [-0.2, 0) is 32.0 Å². The van der Waals surface area contributed by atoms with Crippen molar-refractivity contribution in [3.63, 3.8) is 0 Å². The number of aliphatic carboxylic acids is 1. The van der Waals surface area contributed by atoms with Gasteiger partial charge in [0.15, 0.2) is 0 Å². The highest BCUT2D eigenvalue weighted by molar-refractivity contribution is 8.00. The van der Waals surface area contributed by atoms with Crippen LogP contribution in [0.1, 0.15) is 56.4 Å². The number of esters is 1. The Balaban J connectivity index is 1.42. The van der Waals surface area contributed by atoms with E-state index in [2.05, 4.69) is 22.8 Å². The van der Waals surface area contributed by atoms with Crippen LogP contribution < -0.4 is 10.6 Å². The van der Waals surface area contributed by atoms with Crippen molar-refractivity contribution in [2.75, 3.05) is 17.2 Å². The lowest BCUT2D eigenvalue weighted by atomic mass is 9.83. The second-order valence-electron chi connectivity index (χ2n) is 10.4. The molecule has 1 aliphatic rings. The van der Waals surface area contributed by atoms with Crippen LogP contribution in [0.25, 0.3) is 0 Å². The van der Waals surface area contributed by atoms with Crippen LogP contribution in [0.2, 0.25) is 0 Å². The van der Waals surface area contributed by atoms with E-state index in [-0.39, 0.29) is 12.5 Å². The fourth-order valence-corrected chi connectivity index (χ4v) is 7.70. The molecule has 0 spiro atoms. The molecule has 0 aliphatic heterocycles. The van der Waals surface area contributed by atoms with Crippen molar-refractivity contribution in [3.8, 4) is 0 Å². The molecule has 3 N–H and O–H groups in total. The molecular weight excluding hydrogens is 609 g/mol. The molecule has 1 aliphatic carbocycles. The first-order valence-corrected chi connectivity index (χ1v) is 16.2. The third-order valence-electron chi connectivity index (χ3n) is 7.33. The van der Waals surface area contributed by atoms with Gasteiger partial charge in [0.05, 0.1) is 12.2 Å². The molecule has 8 nitrogen and oxygen atoms in total. The monoisotopic (exact) mass is 640 g/mol. The number of carboxylic acids is 1. The van der Waals surface area contributed by atoms with Gasteiger partial charge in [-0.1, -0.05) is 66.7 Å². The number of carbonyl (C=O) groups excluding carboxylic acids is 3. The number of carboxylic acid groups (broad SMARTS) is 1. The summed E-state index contributed by atoms with van der Waals surface area (Å²) in [5, 5.41) is 14.3. The van der Waals surface area contributed by atoms with Gasteiger partial charge in [-0.05, 0) is 67.0 Å². The Kier molecular flexibility index (Phi) is 10.5. The van der Waals surface area contributed by atoms with Crippen LogP contribution >= 0.6 is 23.1 Å². The summed E-state index contributed by atoms with van der Waals surface area (Å²) in [6.07, 6.45) is 4.09. The normalized spacial score (nSPS) is 14.7. The summed E-state index contributed by atoms with van der Waals surface area (Å²) in [5.74, 6) is -2.21. The molecule has 5 rings (SSSR count). The maximum Gasteiger partial charge on any atom is 0.341 e. The van der Waals surface area contributed by atoms with Crippen molar-refractivity contribution in [2.24, 2.45) is 0 Å². The average molecular weight is 641 g/mol. The van der Waals surface area contributed by atoms with E-state index in [0.29, 0.717) is 33.5 Å². The number of thioether (sulfide) groups is 1. The van der Waals surface area contributed by atoms with Crippen LogP contribution in [0, 0.1) is 0 Å². The van der Waals surface area contributed by atoms with Crippen LogP contribution in [-0.4, -0.2) is 35.5 Å². The highest BCUT2D eigenvalue weighted by atomic mass is 32.2. The first-order valence-electron chi connectivity index (χ1n) is 14.5. The Morgan fingerprint density at radius 1 is 0.978 bits per heavy atom. The molecule has 2 amide bonds. The number of anilines is 2. The van der Waals surface area contributed by atoms with Gasteiger partial charge in [-0.15, -0.1) is 23.1 Å². The molecule has 1 heterocycles. The predicted molar refractivity (Wildman–Crippen MR) is 177 cm³/mol. The number of fused-ring (bicyclic) bond motifs is 1. The van der Waals surface area contributed by atoms with E-state index < -0.39 is 23.1 Å². The quantitative estimate of drug-likeness (QED) is 0.0897. The molecule has 0 saturated carbocycles. The van der Waals surface area contributed by atoms with Gasteiger partial charge in [0.1, 0.15) is 10.3 Å². The van der Waals surface area contributed by atoms with Crippen LogP contribution in [0.5, 0.6) is 0 Å². The van der Waals surface area contributed by atoms with Crippen LogP contribution in [0.4, 0.5) is 10.7 Å². The summed E-state index contributed by atoms with van der Waals surface area (Å²) < 4.78 is 5.44. The summed E-state index contributed by atoms with van der Waals surface area (Å²) in [5.41, 5.74) is 3.87. The molecular formula is C35H32N2O6S2. The van der Waals surface area contributed by atoms with Gasteiger partial charge in [-0.3, -0.25) is 9.59 Å². The lowest BCUT2D eigenvalue weighted by Crippen LogP contribution is -2.20. The molecule has 2 atom stereocenters. The number of hydrogen-bond acceptors (Lipinski definition) is 7. The van der Waals surface area contributed by atoms with Gasteiger partial charge in [-0.25, -0.2) is 9.59 Å². The molecule has 45 heavy (non-hydrogen) atoms. The van der Waals surface area contributed by atoms with Crippen molar-refractivity contribution >= 4 is 57.5 Å². The summed E-state index contributed by atoms with van der Waals surface area (Å²) >= 11 is 2.74. The molecule has 0 saturated heterocycles. The van der Waals surface area contributed by atoms with Crippen molar-refractivity contribution in [3.05, 3.63) is 124 Å². The standard InChI is InChI=1S/C35H32N2O6S2/c1-2-43-35(42)31-27-17-16-24(22-10-5-3-6-11-22)20-28(27)45-34(31)37-33(41)32(23-12-7-4-8-13-23)44-26-15-9-14-25(21-26)36-29(38)18-19-30(39)40/h3-15,18-19,21,24,32H,2,16-17,20H2,1H3,(H,36,38)(H,37,41)(H,39,40)/b19-18+. The van der Waals surface area contributed by atoms with E-state index in [9.17, 15) is 19.2 Å². The van der Waals surface area contributed by atoms with Crippen molar-refractivity contribution in [1.29, 1.82) is 0 Å². The van der Waals surface area contributed by atoms with E-state index in [1.165, 1.54) is 28.7 Å². The van der Waals surface area contributed by atoms with Gasteiger partial charge in [0.2, 0.25) is 11.8 Å².